The molecule has 6 heteroatoms. The minimum absolute atomic E-state index is 0.00450. The molecule has 3 rings (SSSR count). The number of rotatable bonds is 3. The van der Waals surface area contributed by atoms with Gasteiger partial charge in [-0.1, -0.05) is 48.5 Å². The zero-order chi connectivity index (χ0) is 15.7. The van der Waals surface area contributed by atoms with Crippen LogP contribution in [0.2, 0.25) is 0 Å². The lowest BCUT2D eigenvalue weighted by Crippen LogP contribution is -2.33. The first kappa shape index (κ1) is 14.5. The average Bonchev–Trinajstić information content (AvgIpc) is 2.86. The highest BCUT2D eigenvalue weighted by atomic mass is 32.2. The van der Waals surface area contributed by atoms with Crippen molar-refractivity contribution in [3.8, 4) is 0 Å². The number of Topliss-reactive ketones (excluding diaryl/α,β-unsaturated/α-hetero) is 1. The van der Waals surface area contributed by atoms with Crippen molar-refractivity contribution in [2.24, 2.45) is 0 Å². The summed E-state index contributed by atoms with van der Waals surface area (Å²) >= 11 is 0. The molecule has 1 aliphatic heterocycles. The van der Waals surface area contributed by atoms with E-state index in [1.807, 2.05) is 0 Å². The van der Waals surface area contributed by atoms with Crippen LogP contribution >= 0.6 is 0 Å². The molecule has 0 saturated carbocycles. The first-order valence-electron chi connectivity index (χ1n) is 6.73. The Morgan fingerprint density at radius 3 is 2.00 bits per heavy atom. The number of sulfonamides is 1. The van der Waals surface area contributed by atoms with Crippen molar-refractivity contribution in [2.45, 2.75) is 10.8 Å². The fourth-order valence-electron chi connectivity index (χ4n) is 2.47. The van der Waals surface area contributed by atoms with Crippen molar-refractivity contribution in [1.29, 1.82) is 0 Å². The van der Waals surface area contributed by atoms with Gasteiger partial charge in [0.05, 0.1) is 17.4 Å². The van der Waals surface area contributed by atoms with E-state index in [1.54, 1.807) is 48.5 Å². The van der Waals surface area contributed by atoms with Gasteiger partial charge in [-0.25, -0.2) is 12.7 Å². The minimum Gasteiger partial charge on any atom is -0.288 e. The molecule has 2 aromatic rings. The lowest BCUT2D eigenvalue weighted by Gasteiger charge is -2.16. The van der Waals surface area contributed by atoms with Crippen molar-refractivity contribution < 1.29 is 18.0 Å². The zero-order valence-corrected chi connectivity index (χ0v) is 12.4. The van der Waals surface area contributed by atoms with E-state index in [0.717, 1.165) is 0 Å². The van der Waals surface area contributed by atoms with Crippen molar-refractivity contribution in [3.05, 3.63) is 66.2 Å². The Bertz CT molecular complexity index is 816. The zero-order valence-electron chi connectivity index (χ0n) is 11.5. The van der Waals surface area contributed by atoms with E-state index in [-0.39, 0.29) is 11.4 Å². The van der Waals surface area contributed by atoms with Crippen molar-refractivity contribution in [2.75, 3.05) is 6.54 Å². The van der Waals surface area contributed by atoms with Crippen LogP contribution in [0.3, 0.4) is 0 Å². The fourth-order valence-corrected chi connectivity index (χ4v) is 3.88. The predicted molar refractivity (Wildman–Crippen MR) is 79.5 cm³/mol. The molecular weight excluding hydrogens is 302 g/mol. The van der Waals surface area contributed by atoms with Gasteiger partial charge in [0.15, 0.2) is 0 Å². The van der Waals surface area contributed by atoms with Crippen LogP contribution in [-0.4, -0.2) is 31.0 Å². The van der Waals surface area contributed by atoms with Crippen LogP contribution in [0.1, 0.15) is 11.5 Å². The van der Waals surface area contributed by atoms with E-state index in [1.165, 1.54) is 12.1 Å². The molecule has 1 saturated heterocycles. The molecule has 0 aromatic heterocycles. The molecule has 0 unspecified atom stereocenters. The molecule has 2 aromatic carbocycles. The summed E-state index contributed by atoms with van der Waals surface area (Å²) in [6.45, 7) is -0.154. The molecule has 1 heterocycles. The number of ketones is 1. The molecule has 0 bridgehead atoms. The molecule has 112 valence electrons. The van der Waals surface area contributed by atoms with E-state index < -0.39 is 27.6 Å². The monoisotopic (exact) mass is 315 g/mol. The third-order valence-corrected chi connectivity index (χ3v) is 5.40. The van der Waals surface area contributed by atoms with E-state index in [2.05, 4.69) is 0 Å². The van der Waals surface area contributed by atoms with E-state index in [9.17, 15) is 18.0 Å². The highest BCUT2D eigenvalue weighted by Crippen LogP contribution is 2.29. The smallest absolute Gasteiger partial charge is 0.288 e. The maximum Gasteiger partial charge on any atom is 0.304 e. The van der Waals surface area contributed by atoms with Crippen LogP contribution in [0.25, 0.3) is 0 Å². The quantitative estimate of drug-likeness (QED) is 0.806. The highest BCUT2D eigenvalue weighted by molar-refractivity contribution is 7.89. The molecule has 22 heavy (non-hydrogen) atoms. The third-order valence-electron chi connectivity index (χ3n) is 3.64. The molecule has 5 nitrogen and oxygen atoms in total. The molecule has 1 fully saturated rings. The third kappa shape index (κ3) is 2.31. The summed E-state index contributed by atoms with van der Waals surface area (Å²) in [6.07, 6.45) is 0. The number of hydrogen-bond acceptors (Lipinski definition) is 4. The summed E-state index contributed by atoms with van der Waals surface area (Å²) in [4.78, 5) is 24.2. The van der Waals surface area contributed by atoms with Gasteiger partial charge >= 0.3 is 5.91 Å². The van der Waals surface area contributed by atoms with Crippen molar-refractivity contribution >= 4 is 21.7 Å². The molecule has 0 radical (unpaired) electrons. The number of carbonyl (C=O) groups is 2. The van der Waals surface area contributed by atoms with Crippen molar-refractivity contribution in [3.63, 3.8) is 0 Å². The predicted octanol–water partition coefficient (Wildman–Crippen LogP) is 1.57. The first-order valence-corrected chi connectivity index (χ1v) is 8.17. The maximum atomic E-state index is 12.5. The first-order chi connectivity index (χ1) is 10.5. The minimum atomic E-state index is -4.00. The summed E-state index contributed by atoms with van der Waals surface area (Å²) in [7, 11) is -4.00. The molecule has 0 aliphatic carbocycles. The lowest BCUT2D eigenvalue weighted by atomic mass is 9.97. The van der Waals surface area contributed by atoms with Gasteiger partial charge in [-0.05, 0) is 17.7 Å². The maximum absolute atomic E-state index is 12.5. The topological polar surface area (TPSA) is 71.5 Å². The summed E-state index contributed by atoms with van der Waals surface area (Å²) in [6, 6.07) is 16.4. The highest BCUT2D eigenvalue weighted by Gasteiger charge is 2.45. The van der Waals surface area contributed by atoms with Gasteiger partial charge in [-0.2, -0.15) is 0 Å². The SMILES string of the molecule is O=C1C(=O)N(S(=O)(=O)c2ccccc2)C[C@H]1c1ccccc1. The van der Waals surface area contributed by atoms with Gasteiger partial charge in [0.25, 0.3) is 10.0 Å². The average molecular weight is 315 g/mol. The second-order valence-corrected chi connectivity index (χ2v) is 6.84. The largest absolute Gasteiger partial charge is 0.304 e. The number of carbonyl (C=O) groups excluding carboxylic acids is 2. The molecule has 1 amide bonds. The van der Waals surface area contributed by atoms with Crippen LogP contribution in [0.15, 0.2) is 65.6 Å². The Morgan fingerprint density at radius 2 is 1.41 bits per heavy atom. The van der Waals surface area contributed by atoms with E-state index in [4.69, 9.17) is 0 Å². The Hall–Kier alpha value is -2.47. The van der Waals surface area contributed by atoms with Crippen LogP contribution in [0.5, 0.6) is 0 Å². The van der Waals surface area contributed by atoms with Crippen LogP contribution in [0.4, 0.5) is 0 Å². The Balaban J connectivity index is 1.97. The fraction of sp³-hybridized carbons (Fsp3) is 0.125. The van der Waals surface area contributed by atoms with Gasteiger partial charge in [-0.15, -0.1) is 0 Å². The van der Waals surface area contributed by atoms with Gasteiger partial charge in [-0.3, -0.25) is 9.59 Å². The molecular formula is C16H13NO4S. The second kappa shape index (κ2) is 5.38. The number of nitrogens with zero attached hydrogens (tertiary/aromatic N) is 1. The lowest BCUT2D eigenvalue weighted by molar-refractivity contribution is -0.138. The van der Waals surface area contributed by atoms with Crippen LogP contribution in [-0.2, 0) is 19.6 Å². The molecule has 1 aliphatic rings. The molecule has 0 N–H and O–H groups in total. The summed E-state index contributed by atoms with van der Waals surface area (Å²) in [5, 5.41) is 0. The number of hydrogen-bond donors (Lipinski definition) is 0. The second-order valence-electron chi connectivity index (χ2n) is 4.98. The van der Waals surface area contributed by atoms with Crippen LogP contribution < -0.4 is 0 Å². The Morgan fingerprint density at radius 1 is 0.864 bits per heavy atom. The van der Waals surface area contributed by atoms with E-state index >= 15 is 0 Å². The van der Waals surface area contributed by atoms with Crippen molar-refractivity contribution in [1.82, 2.24) is 4.31 Å². The van der Waals surface area contributed by atoms with Gasteiger partial charge < -0.3 is 0 Å². The number of amides is 1. The van der Waals surface area contributed by atoms with Gasteiger partial charge in [0, 0.05) is 0 Å². The standard InChI is InChI=1S/C16H13NO4S/c18-15-14(12-7-3-1-4-8-12)11-17(16(15)19)22(20,21)13-9-5-2-6-10-13/h1-10,14H,11H2/t14-/m0/s1. The van der Waals surface area contributed by atoms with Gasteiger partial charge in [0.1, 0.15) is 0 Å². The van der Waals surface area contributed by atoms with Gasteiger partial charge in [0.2, 0.25) is 5.78 Å². The normalized spacial score (nSPS) is 18.7. The van der Waals surface area contributed by atoms with E-state index in [0.29, 0.717) is 9.87 Å². The Kier molecular flexibility index (Phi) is 3.54. The Labute approximate surface area is 128 Å². The molecule has 1 atom stereocenters. The molecule has 0 spiro atoms. The van der Waals surface area contributed by atoms with Crippen LogP contribution in [0, 0.1) is 0 Å². The summed E-state index contributed by atoms with van der Waals surface area (Å²) in [5.74, 6) is -2.41. The summed E-state index contributed by atoms with van der Waals surface area (Å²) < 4.78 is 25.7. The summed E-state index contributed by atoms with van der Waals surface area (Å²) in [5.41, 5.74) is 0.645. The number of benzene rings is 2.